The number of benzene rings is 1. The summed E-state index contributed by atoms with van der Waals surface area (Å²) in [4.78, 5) is 23.2. The van der Waals surface area contributed by atoms with Crippen LogP contribution in [0.5, 0.6) is 5.75 Å². The molecule has 0 atom stereocenters. The first-order valence-corrected chi connectivity index (χ1v) is 7.06. The van der Waals surface area contributed by atoms with Crippen LogP contribution in [0.4, 0.5) is 10.5 Å². The summed E-state index contributed by atoms with van der Waals surface area (Å²) in [6.07, 6.45) is 0. The van der Waals surface area contributed by atoms with E-state index in [9.17, 15) is 9.59 Å². The topological polar surface area (TPSA) is 79.5 Å². The second kappa shape index (κ2) is 8.84. The van der Waals surface area contributed by atoms with Crippen LogP contribution in [0.3, 0.4) is 0 Å². The Morgan fingerprint density at radius 1 is 1.19 bits per heavy atom. The summed E-state index contributed by atoms with van der Waals surface area (Å²) in [6, 6.07) is 6.69. The zero-order valence-electron chi connectivity index (χ0n) is 12.7. The third-order valence-corrected chi connectivity index (χ3v) is 2.55. The first-order chi connectivity index (χ1) is 10.0. The van der Waals surface area contributed by atoms with Crippen molar-refractivity contribution < 1.29 is 14.3 Å². The number of carbonyl (C=O) groups is 2. The average molecular weight is 293 g/mol. The Labute approximate surface area is 125 Å². The molecule has 3 N–H and O–H groups in total. The zero-order valence-corrected chi connectivity index (χ0v) is 12.7. The molecule has 0 aliphatic carbocycles. The number of anilines is 1. The predicted molar refractivity (Wildman–Crippen MR) is 82.5 cm³/mol. The van der Waals surface area contributed by atoms with Crippen molar-refractivity contribution in [3.8, 4) is 5.75 Å². The Morgan fingerprint density at radius 3 is 2.57 bits per heavy atom. The van der Waals surface area contributed by atoms with E-state index in [0.717, 1.165) is 0 Å². The lowest BCUT2D eigenvalue weighted by Gasteiger charge is -2.12. The molecule has 0 saturated heterocycles. The molecule has 1 rings (SSSR count). The Kier molecular flexibility index (Phi) is 7.08. The van der Waals surface area contributed by atoms with E-state index in [1.807, 2.05) is 26.8 Å². The van der Waals surface area contributed by atoms with Gasteiger partial charge in [-0.05, 0) is 25.0 Å². The van der Waals surface area contributed by atoms with Crippen LogP contribution in [0, 0.1) is 5.92 Å². The van der Waals surface area contributed by atoms with Gasteiger partial charge in [0.1, 0.15) is 5.75 Å². The summed E-state index contributed by atoms with van der Waals surface area (Å²) < 4.78 is 5.41. The van der Waals surface area contributed by atoms with E-state index in [2.05, 4.69) is 16.0 Å². The fourth-order valence-corrected chi connectivity index (χ4v) is 1.56. The quantitative estimate of drug-likeness (QED) is 0.719. The molecule has 0 aliphatic heterocycles. The summed E-state index contributed by atoms with van der Waals surface area (Å²) in [5, 5.41) is 7.89. The Morgan fingerprint density at radius 2 is 1.90 bits per heavy atom. The van der Waals surface area contributed by atoms with Gasteiger partial charge in [-0.25, -0.2) is 4.79 Å². The molecule has 0 heterocycles. The predicted octanol–water partition coefficient (Wildman–Crippen LogP) is 1.98. The second-order valence-corrected chi connectivity index (χ2v) is 4.93. The molecule has 0 unspecified atom stereocenters. The van der Waals surface area contributed by atoms with Crippen LogP contribution in [0.1, 0.15) is 20.8 Å². The lowest BCUT2D eigenvalue weighted by atomic mass is 10.2. The lowest BCUT2D eigenvalue weighted by Crippen LogP contribution is -2.40. The van der Waals surface area contributed by atoms with Gasteiger partial charge in [-0.3, -0.25) is 4.79 Å². The Balaban J connectivity index is 2.42. The molecule has 21 heavy (non-hydrogen) atoms. The van der Waals surface area contributed by atoms with Crippen LogP contribution in [-0.2, 0) is 4.79 Å². The van der Waals surface area contributed by atoms with Crippen molar-refractivity contribution in [3.05, 3.63) is 24.3 Å². The highest BCUT2D eigenvalue weighted by molar-refractivity contribution is 5.93. The molecule has 0 aliphatic rings. The number of ether oxygens (including phenoxy) is 1. The van der Waals surface area contributed by atoms with Gasteiger partial charge in [-0.2, -0.15) is 0 Å². The number of nitrogens with one attached hydrogen (secondary N) is 3. The molecule has 1 aromatic carbocycles. The third-order valence-electron chi connectivity index (χ3n) is 2.55. The van der Waals surface area contributed by atoms with Crippen LogP contribution >= 0.6 is 0 Å². The van der Waals surface area contributed by atoms with Crippen molar-refractivity contribution in [3.63, 3.8) is 0 Å². The molecule has 1 aromatic rings. The van der Waals surface area contributed by atoms with E-state index in [1.54, 1.807) is 18.2 Å². The van der Waals surface area contributed by atoms with E-state index in [-0.39, 0.29) is 12.5 Å². The van der Waals surface area contributed by atoms with Gasteiger partial charge >= 0.3 is 6.03 Å². The van der Waals surface area contributed by atoms with E-state index in [1.165, 1.54) is 0 Å². The van der Waals surface area contributed by atoms with Crippen molar-refractivity contribution in [1.29, 1.82) is 0 Å². The van der Waals surface area contributed by atoms with Crippen molar-refractivity contribution in [2.75, 3.05) is 25.0 Å². The van der Waals surface area contributed by atoms with Gasteiger partial charge in [0.15, 0.2) is 0 Å². The summed E-state index contributed by atoms with van der Waals surface area (Å²) in [7, 11) is 0. The molecule has 0 saturated carbocycles. The summed E-state index contributed by atoms with van der Waals surface area (Å²) in [5.41, 5.74) is 0.569. The van der Waals surface area contributed by atoms with Crippen molar-refractivity contribution in [1.82, 2.24) is 10.6 Å². The number of amides is 3. The van der Waals surface area contributed by atoms with E-state index >= 15 is 0 Å². The SMILES string of the molecule is CCOc1ccccc1NC(=O)NCC(=O)NCC(C)C. The van der Waals surface area contributed by atoms with Crippen LogP contribution in [-0.4, -0.2) is 31.6 Å². The van der Waals surface area contributed by atoms with Gasteiger partial charge in [-0.15, -0.1) is 0 Å². The first kappa shape index (κ1) is 16.8. The zero-order chi connectivity index (χ0) is 15.7. The van der Waals surface area contributed by atoms with Crippen LogP contribution < -0.4 is 20.7 Å². The first-order valence-electron chi connectivity index (χ1n) is 7.06. The highest BCUT2D eigenvalue weighted by Gasteiger charge is 2.08. The van der Waals surface area contributed by atoms with E-state index in [4.69, 9.17) is 4.74 Å². The summed E-state index contributed by atoms with van der Waals surface area (Å²) in [6.45, 7) is 6.93. The highest BCUT2D eigenvalue weighted by Crippen LogP contribution is 2.23. The minimum Gasteiger partial charge on any atom is -0.492 e. The fourth-order valence-electron chi connectivity index (χ4n) is 1.56. The van der Waals surface area contributed by atoms with E-state index < -0.39 is 6.03 Å². The van der Waals surface area contributed by atoms with Crippen molar-refractivity contribution in [2.45, 2.75) is 20.8 Å². The molecular formula is C15H23N3O3. The summed E-state index contributed by atoms with van der Waals surface area (Å²) >= 11 is 0. The lowest BCUT2D eigenvalue weighted by molar-refractivity contribution is -0.120. The van der Waals surface area contributed by atoms with Gasteiger partial charge in [0.2, 0.25) is 5.91 Å². The smallest absolute Gasteiger partial charge is 0.319 e. The molecule has 6 heteroatoms. The molecular weight excluding hydrogens is 270 g/mol. The largest absolute Gasteiger partial charge is 0.492 e. The number of rotatable bonds is 7. The van der Waals surface area contributed by atoms with Crippen molar-refractivity contribution in [2.24, 2.45) is 5.92 Å². The maximum atomic E-state index is 11.8. The second-order valence-electron chi connectivity index (χ2n) is 4.93. The van der Waals surface area contributed by atoms with Gasteiger partial charge in [0, 0.05) is 6.54 Å². The van der Waals surface area contributed by atoms with Crippen LogP contribution in [0.2, 0.25) is 0 Å². The number of hydrogen-bond donors (Lipinski definition) is 3. The van der Waals surface area contributed by atoms with E-state index in [0.29, 0.717) is 30.5 Å². The minimum atomic E-state index is -0.443. The minimum absolute atomic E-state index is 0.0602. The normalized spacial score (nSPS) is 10.1. The Hall–Kier alpha value is -2.24. The molecule has 0 radical (unpaired) electrons. The van der Waals surface area contributed by atoms with Gasteiger partial charge < -0.3 is 20.7 Å². The maximum absolute atomic E-state index is 11.8. The average Bonchev–Trinajstić information content (AvgIpc) is 2.45. The molecule has 6 nitrogen and oxygen atoms in total. The molecule has 0 aromatic heterocycles. The Bertz CT molecular complexity index is 475. The fraction of sp³-hybridized carbons (Fsp3) is 0.467. The monoisotopic (exact) mass is 293 g/mol. The van der Waals surface area contributed by atoms with Gasteiger partial charge in [-0.1, -0.05) is 26.0 Å². The number of carbonyl (C=O) groups excluding carboxylic acids is 2. The highest BCUT2D eigenvalue weighted by atomic mass is 16.5. The molecule has 3 amide bonds. The molecule has 0 fully saturated rings. The van der Waals surface area contributed by atoms with Crippen LogP contribution in [0.15, 0.2) is 24.3 Å². The number of para-hydroxylation sites is 2. The molecule has 0 spiro atoms. The van der Waals surface area contributed by atoms with Crippen LogP contribution in [0.25, 0.3) is 0 Å². The molecule has 0 bridgehead atoms. The third kappa shape index (κ3) is 6.65. The number of urea groups is 1. The van der Waals surface area contributed by atoms with Crippen molar-refractivity contribution >= 4 is 17.6 Å². The van der Waals surface area contributed by atoms with Gasteiger partial charge in [0.05, 0.1) is 18.8 Å². The maximum Gasteiger partial charge on any atom is 0.319 e. The van der Waals surface area contributed by atoms with Gasteiger partial charge in [0.25, 0.3) is 0 Å². The summed E-state index contributed by atoms with van der Waals surface area (Å²) in [5.74, 6) is 0.761. The molecule has 116 valence electrons. The number of hydrogen-bond acceptors (Lipinski definition) is 3. The standard InChI is InChI=1S/C15H23N3O3/c1-4-21-13-8-6-5-7-12(13)18-15(20)17-10-14(19)16-9-11(2)3/h5-8,11H,4,9-10H2,1-3H3,(H,16,19)(H2,17,18,20).